The molecule has 0 radical (unpaired) electrons. The molecule has 3 heteroatoms. The Morgan fingerprint density at radius 2 is 1.81 bits per heavy atom. The smallest absolute Gasteiger partial charge is 0.0603 e. The third kappa shape index (κ3) is 7.12. The summed E-state index contributed by atoms with van der Waals surface area (Å²) in [7, 11) is 4.17. The average molecular weight is 375 g/mol. The van der Waals surface area contributed by atoms with Crippen molar-refractivity contribution >= 4 is 5.69 Å². The number of benzene rings is 1. The van der Waals surface area contributed by atoms with Gasteiger partial charge in [0.15, 0.2) is 0 Å². The summed E-state index contributed by atoms with van der Waals surface area (Å²) >= 11 is 0. The molecule has 1 N–H and O–H groups in total. The van der Waals surface area contributed by atoms with Gasteiger partial charge in [-0.05, 0) is 67.2 Å². The SMILES string of the molecule is CC(C)CCC1(CCNCc2ccc(N(C)C)cc2)CCOC(C(C)C)C1. The molecule has 1 aromatic rings. The van der Waals surface area contributed by atoms with E-state index >= 15 is 0 Å². The van der Waals surface area contributed by atoms with Crippen LogP contribution < -0.4 is 10.2 Å². The summed E-state index contributed by atoms with van der Waals surface area (Å²) in [5.74, 6) is 1.40. The van der Waals surface area contributed by atoms with Crippen LogP contribution in [0.25, 0.3) is 0 Å². The monoisotopic (exact) mass is 374 g/mol. The van der Waals surface area contributed by atoms with Crippen LogP contribution in [-0.2, 0) is 11.3 Å². The van der Waals surface area contributed by atoms with Crippen molar-refractivity contribution in [2.75, 3.05) is 32.1 Å². The Morgan fingerprint density at radius 1 is 1.11 bits per heavy atom. The Balaban J connectivity index is 1.87. The Labute approximate surface area is 167 Å². The van der Waals surface area contributed by atoms with Gasteiger partial charge in [-0.1, -0.05) is 46.2 Å². The maximum atomic E-state index is 6.08. The highest BCUT2D eigenvalue weighted by Crippen LogP contribution is 2.43. The lowest BCUT2D eigenvalue weighted by molar-refractivity contribution is -0.0761. The third-order valence-electron chi connectivity index (χ3n) is 6.21. The van der Waals surface area contributed by atoms with Crippen molar-refractivity contribution < 1.29 is 4.74 Å². The van der Waals surface area contributed by atoms with E-state index in [4.69, 9.17) is 4.74 Å². The molecular formula is C24H42N2O. The molecule has 0 saturated carbocycles. The van der Waals surface area contributed by atoms with E-state index in [-0.39, 0.29) is 0 Å². The summed E-state index contributed by atoms with van der Waals surface area (Å²) in [5.41, 5.74) is 3.08. The summed E-state index contributed by atoms with van der Waals surface area (Å²) in [6, 6.07) is 8.87. The molecule has 1 aliphatic heterocycles. The number of ether oxygens (including phenoxy) is 1. The van der Waals surface area contributed by atoms with Crippen molar-refractivity contribution in [2.24, 2.45) is 17.3 Å². The highest BCUT2D eigenvalue weighted by Gasteiger charge is 2.37. The first-order chi connectivity index (χ1) is 12.8. The molecule has 1 fully saturated rings. The molecule has 1 aliphatic rings. The van der Waals surface area contributed by atoms with Crippen LogP contribution >= 0.6 is 0 Å². The molecule has 154 valence electrons. The second kappa shape index (κ2) is 10.5. The van der Waals surface area contributed by atoms with Gasteiger partial charge >= 0.3 is 0 Å². The second-order valence-corrected chi connectivity index (χ2v) is 9.53. The van der Waals surface area contributed by atoms with E-state index in [2.05, 4.69) is 76.3 Å². The number of rotatable bonds is 10. The van der Waals surface area contributed by atoms with E-state index < -0.39 is 0 Å². The van der Waals surface area contributed by atoms with Crippen molar-refractivity contribution in [3.8, 4) is 0 Å². The quantitative estimate of drug-likeness (QED) is 0.548. The first-order valence-electron chi connectivity index (χ1n) is 10.9. The lowest BCUT2D eigenvalue weighted by atomic mass is 9.69. The molecule has 0 spiro atoms. The van der Waals surface area contributed by atoms with Crippen molar-refractivity contribution in [2.45, 2.75) is 72.4 Å². The second-order valence-electron chi connectivity index (χ2n) is 9.53. The fourth-order valence-electron chi connectivity index (χ4n) is 4.11. The molecule has 0 amide bonds. The molecular weight excluding hydrogens is 332 g/mol. The zero-order valence-electron chi connectivity index (χ0n) is 18.6. The minimum absolute atomic E-state index is 0.435. The standard InChI is InChI=1S/C24H42N2O/c1-19(2)11-12-24(14-16-27-23(17-24)20(3)4)13-15-25-18-21-7-9-22(10-8-21)26(5)6/h7-10,19-20,23,25H,11-18H2,1-6H3. The Bertz CT molecular complexity index is 538. The predicted molar refractivity (Wildman–Crippen MR) is 117 cm³/mol. The number of hydrogen-bond acceptors (Lipinski definition) is 3. The fourth-order valence-corrected chi connectivity index (χ4v) is 4.11. The Kier molecular flexibility index (Phi) is 8.62. The van der Waals surface area contributed by atoms with Gasteiger partial charge in [-0.15, -0.1) is 0 Å². The zero-order valence-corrected chi connectivity index (χ0v) is 18.6. The van der Waals surface area contributed by atoms with Gasteiger partial charge in [0, 0.05) is 32.9 Å². The number of nitrogens with zero attached hydrogens (tertiary/aromatic N) is 1. The summed E-state index contributed by atoms with van der Waals surface area (Å²) in [5, 5.41) is 3.70. The van der Waals surface area contributed by atoms with Gasteiger partial charge in [0.1, 0.15) is 0 Å². The van der Waals surface area contributed by atoms with Crippen LogP contribution in [0.5, 0.6) is 0 Å². The highest BCUT2D eigenvalue weighted by molar-refractivity contribution is 5.45. The zero-order chi connectivity index (χ0) is 19.9. The minimum Gasteiger partial charge on any atom is -0.378 e. The van der Waals surface area contributed by atoms with Gasteiger partial charge < -0.3 is 15.0 Å². The van der Waals surface area contributed by atoms with Crippen molar-refractivity contribution in [1.82, 2.24) is 5.32 Å². The van der Waals surface area contributed by atoms with Crippen LogP contribution in [0.2, 0.25) is 0 Å². The van der Waals surface area contributed by atoms with E-state index in [9.17, 15) is 0 Å². The first-order valence-corrected chi connectivity index (χ1v) is 10.9. The van der Waals surface area contributed by atoms with Gasteiger partial charge in [-0.25, -0.2) is 0 Å². The van der Waals surface area contributed by atoms with Crippen molar-refractivity contribution in [1.29, 1.82) is 0 Å². The molecule has 2 unspecified atom stereocenters. The van der Waals surface area contributed by atoms with Crippen LogP contribution in [0.4, 0.5) is 5.69 Å². The average Bonchev–Trinajstić information content (AvgIpc) is 2.64. The molecule has 0 aromatic heterocycles. The lowest BCUT2D eigenvalue weighted by Gasteiger charge is -2.43. The molecule has 27 heavy (non-hydrogen) atoms. The maximum absolute atomic E-state index is 6.08. The van der Waals surface area contributed by atoms with Gasteiger partial charge in [-0.3, -0.25) is 0 Å². The predicted octanol–water partition coefficient (Wildman–Crippen LogP) is 5.49. The van der Waals surface area contributed by atoms with E-state index in [0.717, 1.165) is 25.6 Å². The van der Waals surface area contributed by atoms with Gasteiger partial charge in [-0.2, -0.15) is 0 Å². The Hall–Kier alpha value is -1.06. The third-order valence-corrected chi connectivity index (χ3v) is 6.21. The largest absolute Gasteiger partial charge is 0.378 e. The molecule has 2 rings (SSSR count). The van der Waals surface area contributed by atoms with Gasteiger partial charge in [0.25, 0.3) is 0 Å². The van der Waals surface area contributed by atoms with Crippen LogP contribution in [-0.4, -0.2) is 33.4 Å². The summed E-state index contributed by atoms with van der Waals surface area (Å²) in [6.07, 6.45) is 6.83. The van der Waals surface area contributed by atoms with E-state index in [1.165, 1.54) is 43.4 Å². The summed E-state index contributed by atoms with van der Waals surface area (Å²) in [4.78, 5) is 2.14. The first kappa shape index (κ1) is 22.2. The molecule has 2 atom stereocenters. The maximum Gasteiger partial charge on any atom is 0.0603 e. The minimum atomic E-state index is 0.435. The fraction of sp³-hybridized carbons (Fsp3) is 0.750. The van der Waals surface area contributed by atoms with Crippen LogP contribution in [0.15, 0.2) is 24.3 Å². The number of anilines is 1. The summed E-state index contributed by atoms with van der Waals surface area (Å²) in [6.45, 7) is 12.3. The normalized spacial score (nSPS) is 23.2. The molecule has 3 nitrogen and oxygen atoms in total. The Morgan fingerprint density at radius 3 is 2.41 bits per heavy atom. The van der Waals surface area contributed by atoms with Gasteiger partial charge in [0.2, 0.25) is 0 Å². The van der Waals surface area contributed by atoms with E-state index in [1.807, 2.05) is 0 Å². The van der Waals surface area contributed by atoms with E-state index in [1.54, 1.807) is 0 Å². The number of hydrogen-bond donors (Lipinski definition) is 1. The summed E-state index contributed by atoms with van der Waals surface area (Å²) < 4.78 is 6.08. The lowest BCUT2D eigenvalue weighted by Crippen LogP contribution is -2.39. The van der Waals surface area contributed by atoms with Crippen LogP contribution in [0, 0.1) is 17.3 Å². The molecule has 1 saturated heterocycles. The van der Waals surface area contributed by atoms with Crippen LogP contribution in [0.3, 0.4) is 0 Å². The van der Waals surface area contributed by atoms with Gasteiger partial charge in [0.05, 0.1) is 6.10 Å². The van der Waals surface area contributed by atoms with Crippen molar-refractivity contribution in [3.05, 3.63) is 29.8 Å². The highest BCUT2D eigenvalue weighted by atomic mass is 16.5. The van der Waals surface area contributed by atoms with Crippen LogP contribution in [0.1, 0.15) is 65.4 Å². The molecule has 1 heterocycles. The molecule has 1 aromatic carbocycles. The molecule has 0 aliphatic carbocycles. The van der Waals surface area contributed by atoms with Crippen molar-refractivity contribution in [3.63, 3.8) is 0 Å². The van der Waals surface area contributed by atoms with E-state index in [0.29, 0.717) is 17.4 Å². The number of nitrogens with one attached hydrogen (secondary N) is 1. The topological polar surface area (TPSA) is 24.5 Å². The molecule has 0 bridgehead atoms.